The number of nitrogens with zero attached hydrogens (tertiary/aromatic N) is 3. The number of hydrogen-bond donors (Lipinski definition) is 2. The highest BCUT2D eigenvalue weighted by Crippen LogP contribution is 2.23. The standard InChI is InChI=1S/C20H39N5O2S.HI/c1-5-25-12-8-10-17(25)14-21-20(22-15-19(26)24(3)4)23-16-9-7-11-18(13-16)28(27)6-2;/h16-18H,5-15H2,1-4H3,(H2,21,22,23);1H. The number of guanidine groups is 1. The molecule has 1 heterocycles. The normalized spacial score (nSPS) is 26.5. The van der Waals surface area contributed by atoms with Gasteiger partial charge in [0.05, 0.1) is 0 Å². The molecule has 9 heteroatoms. The quantitative estimate of drug-likeness (QED) is 0.279. The van der Waals surface area contributed by atoms with Crippen molar-refractivity contribution in [2.45, 2.75) is 69.7 Å². The van der Waals surface area contributed by atoms with Crippen molar-refractivity contribution in [3.05, 3.63) is 0 Å². The van der Waals surface area contributed by atoms with Crippen molar-refractivity contribution in [2.24, 2.45) is 4.99 Å². The van der Waals surface area contributed by atoms with E-state index in [1.807, 2.05) is 6.92 Å². The Balaban J connectivity index is 0.00000420. The fourth-order valence-electron chi connectivity index (χ4n) is 4.14. The second-order valence-corrected chi connectivity index (χ2v) is 10.1. The van der Waals surface area contributed by atoms with E-state index in [2.05, 4.69) is 27.4 Å². The van der Waals surface area contributed by atoms with Crippen molar-refractivity contribution in [3.8, 4) is 0 Å². The molecule has 0 bridgehead atoms. The van der Waals surface area contributed by atoms with Crippen molar-refractivity contribution in [1.82, 2.24) is 20.4 Å². The zero-order valence-electron chi connectivity index (χ0n) is 18.5. The Hall–Kier alpha value is -0.420. The summed E-state index contributed by atoms with van der Waals surface area (Å²) in [6, 6.07) is 0.786. The van der Waals surface area contributed by atoms with Gasteiger partial charge in [-0.15, -0.1) is 24.0 Å². The van der Waals surface area contributed by atoms with Gasteiger partial charge < -0.3 is 15.5 Å². The third-order valence-corrected chi connectivity index (χ3v) is 7.65. The van der Waals surface area contributed by atoms with E-state index < -0.39 is 10.8 Å². The van der Waals surface area contributed by atoms with Gasteiger partial charge in [-0.25, -0.2) is 4.99 Å². The van der Waals surface area contributed by atoms with Crippen LogP contribution in [0.25, 0.3) is 0 Å². The topological polar surface area (TPSA) is 77.0 Å². The molecule has 0 spiro atoms. The van der Waals surface area contributed by atoms with Gasteiger partial charge >= 0.3 is 0 Å². The van der Waals surface area contributed by atoms with Crippen molar-refractivity contribution < 1.29 is 9.00 Å². The Kier molecular flexibility index (Phi) is 12.7. The fourth-order valence-corrected chi connectivity index (χ4v) is 5.49. The van der Waals surface area contributed by atoms with E-state index in [1.54, 1.807) is 19.0 Å². The third kappa shape index (κ3) is 8.69. The lowest BCUT2D eigenvalue weighted by atomic mass is 9.95. The fraction of sp³-hybridized carbons (Fsp3) is 0.900. The molecule has 29 heavy (non-hydrogen) atoms. The Labute approximate surface area is 196 Å². The summed E-state index contributed by atoms with van der Waals surface area (Å²) in [7, 11) is 2.76. The van der Waals surface area contributed by atoms with Gasteiger partial charge in [-0.05, 0) is 45.2 Å². The number of halogens is 1. The largest absolute Gasteiger partial charge is 0.355 e. The number of hydrogen-bond acceptors (Lipinski definition) is 4. The lowest BCUT2D eigenvalue weighted by Crippen LogP contribution is -2.50. The molecule has 7 nitrogen and oxygen atoms in total. The summed E-state index contributed by atoms with van der Waals surface area (Å²) in [5, 5.41) is 7.28. The van der Waals surface area contributed by atoms with Crippen LogP contribution in [0.2, 0.25) is 0 Å². The van der Waals surface area contributed by atoms with Crippen LogP contribution < -0.4 is 10.6 Å². The van der Waals surface area contributed by atoms with Crippen LogP contribution in [0.15, 0.2) is 4.99 Å². The monoisotopic (exact) mass is 541 g/mol. The first-order valence-corrected chi connectivity index (χ1v) is 12.2. The Bertz CT molecular complexity index is 561. The van der Waals surface area contributed by atoms with Gasteiger partial charge in [0.2, 0.25) is 5.91 Å². The average Bonchev–Trinajstić information content (AvgIpc) is 3.16. The average molecular weight is 542 g/mol. The van der Waals surface area contributed by atoms with Gasteiger partial charge in [0.1, 0.15) is 6.54 Å². The lowest BCUT2D eigenvalue weighted by Gasteiger charge is -2.31. The number of nitrogens with one attached hydrogen (secondary N) is 2. The van der Waals surface area contributed by atoms with Gasteiger partial charge in [0.25, 0.3) is 0 Å². The molecule has 1 saturated heterocycles. The number of likely N-dealkylation sites (N-methyl/N-ethyl adjacent to an activating group) is 2. The molecule has 0 aromatic heterocycles. The molecular weight excluding hydrogens is 501 g/mol. The van der Waals surface area contributed by atoms with Crippen LogP contribution in [0.4, 0.5) is 0 Å². The molecule has 2 fully saturated rings. The van der Waals surface area contributed by atoms with E-state index in [-0.39, 0.29) is 47.7 Å². The van der Waals surface area contributed by atoms with Gasteiger partial charge in [-0.2, -0.15) is 0 Å². The van der Waals surface area contributed by atoms with Gasteiger partial charge in [0.15, 0.2) is 5.96 Å². The maximum atomic E-state index is 12.2. The summed E-state index contributed by atoms with van der Waals surface area (Å²) in [5.74, 6) is 1.43. The number of rotatable bonds is 8. The smallest absolute Gasteiger partial charge is 0.243 e. The molecule has 1 aliphatic heterocycles. The summed E-state index contributed by atoms with van der Waals surface area (Å²) >= 11 is 0. The number of amides is 1. The van der Waals surface area contributed by atoms with Crippen LogP contribution in [-0.4, -0.2) is 89.2 Å². The van der Waals surface area contributed by atoms with E-state index in [4.69, 9.17) is 0 Å². The minimum absolute atomic E-state index is 0. The molecule has 2 rings (SSSR count). The molecule has 0 aromatic rings. The predicted octanol–water partition coefficient (Wildman–Crippen LogP) is 1.79. The van der Waals surface area contributed by atoms with Crippen LogP contribution in [0.3, 0.4) is 0 Å². The number of likely N-dealkylation sites (tertiary alicyclic amines) is 1. The van der Waals surface area contributed by atoms with Crippen LogP contribution in [0, 0.1) is 0 Å². The summed E-state index contributed by atoms with van der Waals surface area (Å²) in [4.78, 5) is 20.6. The second-order valence-electron chi connectivity index (χ2n) is 8.06. The number of carbonyl (C=O) groups excluding carboxylic acids is 1. The maximum Gasteiger partial charge on any atom is 0.243 e. The van der Waals surface area contributed by atoms with Gasteiger partial charge in [-0.1, -0.05) is 20.3 Å². The first-order chi connectivity index (χ1) is 13.4. The first-order valence-electron chi connectivity index (χ1n) is 10.8. The SMILES string of the molecule is CCN1CCCC1CNC(=NCC(=O)N(C)C)NC1CCCC(S(=O)CC)C1.I. The molecule has 1 aliphatic carbocycles. The molecule has 1 saturated carbocycles. The maximum absolute atomic E-state index is 12.2. The Morgan fingerprint density at radius 3 is 2.62 bits per heavy atom. The Morgan fingerprint density at radius 2 is 1.97 bits per heavy atom. The molecule has 0 radical (unpaired) electrons. The highest BCUT2D eigenvalue weighted by Gasteiger charge is 2.27. The van der Waals surface area contributed by atoms with E-state index >= 15 is 0 Å². The molecule has 0 aromatic carbocycles. The third-order valence-electron chi connectivity index (χ3n) is 5.90. The first kappa shape index (κ1) is 26.6. The van der Waals surface area contributed by atoms with Crippen molar-refractivity contribution in [3.63, 3.8) is 0 Å². The predicted molar refractivity (Wildman–Crippen MR) is 133 cm³/mol. The van der Waals surface area contributed by atoms with Crippen LogP contribution >= 0.6 is 24.0 Å². The van der Waals surface area contributed by atoms with E-state index in [9.17, 15) is 9.00 Å². The van der Waals surface area contributed by atoms with Gasteiger partial charge in [0, 0.05) is 54.5 Å². The summed E-state index contributed by atoms with van der Waals surface area (Å²) in [5.41, 5.74) is 0. The van der Waals surface area contributed by atoms with Crippen LogP contribution in [0.5, 0.6) is 0 Å². The highest BCUT2D eigenvalue weighted by atomic mass is 127. The minimum Gasteiger partial charge on any atom is -0.355 e. The zero-order chi connectivity index (χ0) is 20.5. The molecule has 2 N–H and O–H groups in total. The molecule has 2 aliphatic rings. The Morgan fingerprint density at radius 1 is 1.21 bits per heavy atom. The van der Waals surface area contributed by atoms with Crippen LogP contribution in [0.1, 0.15) is 52.4 Å². The van der Waals surface area contributed by atoms with E-state index in [0.29, 0.717) is 12.0 Å². The number of aliphatic imine (C=N–C) groups is 1. The molecule has 1 amide bonds. The van der Waals surface area contributed by atoms with E-state index in [1.165, 1.54) is 12.8 Å². The van der Waals surface area contributed by atoms with Crippen molar-refractivity contribution >= 4 is 46.6 Å². The molecule has 4 unspecified atom stereocenters. The van der Waals surface area contributed by atoms with E-state index in [0.717, 1.165) is 51.1 Å². The zero-order valence-corrected chi connectivity index (χ0v) is 21.6. The van der Waals surface area contributed by atoms with Gasteiger partial charge in [-0.3, -0.25) is 13.9 Å². The van der Waals surface area contributed by atoms with Crippen molar-refractivity contribution in [1.29, 1.82) is 0 Å². The van der Waals surface area contributed by atoms with Crippen LogP contribution in [-0.2, 0) is 15.6 Å². The molecule has 4 atom stereocenters. The lowest BCUT2D eigenvalue weighted by molar-refractivity contribution is -0.127. The second kappa shape index (κ2) is 13.8. The van der Waals surface area contributed by atoms with Crippen molar-refractivity contribution in [2.75, 3.05) is 46.0 Å². The molecule has 170 valence electrons. The number of carbonyl (C=O) groups is 1. The summed E-state index contributed by atoms with van der Waals surface area (Å²) < 4.78 is 12.2. The summed E-state index contributed by atoms with van der Waals surface area (Å²) in [6.07, 6.45) is 6.55. The highest BCUT2D eigenvalue weighted by molar-refractivity contribution is 14.0. The summed E-state index contributed by atoms with van der Waals surface area (Å²) in [6.45, 7) is 7.41. The minimum atomic E-state index is -0.746. The molecular formula is C20H40IN5O2S.